The monoisotopic (exact) mass is 240 g/mol. The van der Waals surface area contributed by atoms with Gasteiger partial charge in [0.05, 0.1) is 0 Å². The van der Waals surface area contributed by atoms with Crippen LogP contribution in [-0.4, -0.2) is 24.5 Å². The molecule has 1 aromatic carbocycles. The van der Waals surface area contributed by atoms with Crippen LogP contribution >= 0.6 is 0 Å². The number of rotatable bonds is 4. The standard InChI is InChI=1S/C13H18F2N2/c1-17(9-4-2-5-9)8-12(16)10-6-3-7-11(14)13(10)15/h3,6-7,9,12H,2,4-5,8,16H2,1H3. The Morgan fingerprint density at radius 2 is 2.12 bits per heavy atom. The van der Waals surface area contributed by atoms with Crippen molar-refractivity contribution in [2.75, 3.05) is 13.6 Å². The summed E-state index contributed by atoms with van der Waals surface area (Å²) in [6, 6.07) is 4.24. The second kappa shape index (κ2) is 5.10. The lowest BCUT2D eigenvalue weighted by Gasteiger charge is -2.36. The summed E-state index contributed by atoms with van der Waals surface area (Å²) in [5.41, 5.74) is 6.19. The molecule has 0 saturated heterocycles. The normalized spacial score (nSPS) is 18.2. The second-order valence-electron chi connectivity index (χ2n) is 4.77. The smallest absolute Gasteiger partial charge is 0.163 e. The number of nitrogens with two attached hydrogens (primary N) is 1. The topological polar surface area (TPSA) is 29.3 Å². The van der Waals surface area contributed by atoms with E-state index in [1.807, 2.05) is 7.05 Å². The minimum atomic E-state index is -0.829. The van der Waals surface area contributed by atoms with Gasteiger partial charge in [0.1, 0.15) is 0 Å². The first-order chi connectivity index (χ1) is 8.09. The average Bonchev–Trinajstić information content (AvgIpc) is 2.19. The van der Waals surface area contributed by atoms with Crippen LogP contribution in [0.4, 0.5) is 8.78 Å². The van der Waals surface area contributed by atoms with E-state index in [2.05, 4.69) is 4.90 Å². The molecule has 2 rings (SSSR count). The van der Waals surface area contributed by atoms with Crippen molar-refractivity contribution >= 4 is 0 Å². The van der Waals surface area contributed by atoms with Gasteiger partial charge in [0, 0.05) is 24.2 Å². The molecule has 0 amide bonds. The summed E-state index contributed by atoms with van der Waals surface area (Å²) in [6.07, 6.45) is 3.60. The number of benzene rings is 1. The molecule has 0 radical (unpaired) electrons. The van der Waals surface area contributed by atoms with Crippen molar-refractivity contribution in [3.05, 3.63) is 35.4 Å². The molecule has 0 heterocycles. The molecular weight excluding hydrogens is 222 g/mol. The van der Waals surface area contributed by atoms with Crippen molar-refractivity contribution in [1.82, 2.24) is 4.90 Å². The molecule has 0 spiro atoms. The van der Waals surface area contributed by atoms with Crippen LogP contribution in [0.1, 0.15) is 30.9 Å². The molecule has 1 aliphatic carbocycles. The average molecular weight is 240 g/mol. The Morgan fingerprint density at radius 1 is 1.41 bits per heavy atom. The molecule has 1 aromatic rings. The zero-order valence-corrected chi connectivity index (χ0v) is 10.00. The molecule has 2 nitrogen and oxygen atoms in total. The molecule has 0 aliphatic heterocycles. The fraction of sp³-hybridized carbons (Fsp3) is 0.538. The van der Waals surface area contributed by atoms with E-state index in [1.165, 1.54) is 25.3 Å². The summed E-state index contributed by atoms with van der Waals surface area (Å²) in [4.78, 5) is 2.14. The van der Waals surface area contributed by atoms with Crippen molar-refractivity contribution in [3.8, 4) is 0 Å². The lowest BCUT2D eigenvalue weighted by atomic mass is 9.91. The van der Waals surface area contributed by atoms with E-state index >= 15 is 0 Å². The van der Waals surface area contributed by atoms with E-state index in [1.54, 1.807) is 6.07 Å². The predicted molar refractivity (Wildman–Crippen MR) is 63.6 cm³/mol. The summed E-state index contributed by atoms with van der Waals surface area (Å²) in [7, 11) is 1.99. The maximum atomic E-state index is 13.5. The van der Waals surface area contributed by atoms with Crippen molar-refractivity contribution < 1.29 is 8.78 Å². The van der Waals surface area contributed by atoms with E-state index < -0.39 is 17.7 Å². The molecule has 1 atom stereocenters. The zero-order valence-electron chi connectivity index (χ0n) is 10.00. The number of nitrogens with zero attached hydrogens (tertiary/aromatic N) is 1. The van der Waals surface area contributed by atoms with Gasteiger partial charge >= 0.3 is 0 Å². The third-order valence-electron chi connectivity index (χ3n) is 3.56. The van der Waals surface area contributed by atoms with E-state index in [0.29, 0.717) is 12.6 Å². The molecule has 2 N–H and O–H groups in total. The summed E-state index contributed by atoms with van der Waals surface area (Å²) in [6.45, 7) is 0.561. The number of hydrogen-bond acceptors (Lipinski definition) is 2. The van der Waals surface area contributed by atoms with Crippen molar-refractivity contribution in [2.45, 2.75) is 31.3 Å². The van der Waals surface area contributed by atoms with Crippen molar-refractivity contribution in [1.29, 1.82) is 0 Å². The van der Waals surface area contributed by atoms with Gasteiger partial charge in [-0.2, -0.15) is 0 Å². The quantitative estimate of drug-likeness (QED) is 0.876. The highest BCUT2D eigenvalue weighted by Gasteiger charge is 2.24. The fourth-order valence-corrected chi connectivity index (χ4v) is 2.19. The Hall–Kier alpha value is -1.00. The van der Waals surface area contributed by atoms with Crippen LogP contribution in [0.2, 0.25) is 0 Å². The maximum absolute atomic E-state index is 13.5. The van der Waals surface area contributed by atoms with E-state index in [-0.39, 0.29) is 5.56 Å². The molecular formula is C13H18F2N2. The minimum absolute atomic E-state index is 0.260. The van der Waals surface area contributed by atoms with Crippen LogP contribution in [0.25, 0.3) is 0 Å². The molecule has 0 aromatic heterocycles. The summed E-state index contributed by atoms with van der Waals surface area (Å²) in [5.74, 6) is -1.65. The van der Waals surface area contributed by atoms with Gasteiger partial charge in [0.2, 0.25) is 0 Å². The van der Waals surface area contributed by atoms with Crippen LogP contribution in [0.5, 0.6) is 0 Å². The summed E-state index contributed by atoms with van der Waals surface area (Å²) in [5, 5.41) is 0. The van der Waals surface area contributed by atoms with E-state index in [9.17, 15) is 8.78 Å². The van der Waals surface area contributed by atoms with Gasteiger partial charge in [-0.15, -0.1) is 0 Å². The van der Waals surface area contributed by atoms with E-state index in [4.69, 9.17) is 5.73 Å². The third-order valence-corrected chi connectivity index (χ3v) is 3.56. The molecule has 1 aliphatic rings. The van der Waals surface area contributed by atoms with Gasteiger partial charge in [-0.3, -0.25) is 0 Å². The zero-order chi connectivity index (χ0) is 12.4. The van der Waals surface area contributed by atoms with Crippen LogP contribution in [0.15, 0.2) is 18.2 Å². The highest BCUT2D eigenvalue weighted by Crippen LogP contribution is 2.25. The highest BCUT2D eigenvalue weighted by molar-refractivity contribution is 5.22. The molecule has 0 bridgehead atoms. The molecule has 17 heavy (non-hydrogen) atoms. The molecule has 1 fully saturated rings. The van der Waals surface area contributed by atoms with Crippen LogP contribution in [0, 0.1) is 11.6 Å². The minimum Gasteiger partial charge on any atom is -0.323 e. The lowest BCUT2D eigenvalue weighted by molar-refractivity contribution is 0.151. The van der Waals surface area contributed by atoms with Crippen LogP contribution in [-0.2, 0) is 0 Å². The molecule has 1 saturated carbocycles. The van der Waals surface area contributed by atoms with Gasteiger partial charge in [-0.1, -0.05) is 18.6 Å². The first-order valence-electron chi connectivity index (χ1n) is 5.99. The Bertz CT molecular complexity index is 391. The number of halogens is 2. The SMILES string of the molecule is CN(CC(N)c1cccc(F)c1F)C1CCC1. The summed E-state index contributed by atoms with van der Waals surface area (Å²) < 4.78 is 26.6. The van der Waals surface area contributed by atoms with Gasteiger partial charge < -0.3 is 10.6 Å². The van der Waals surface area contributed by atoms with Crippen LogP contribution < -0.4 is 5.73 Å². The van der Waals surface area contributed by atoms with Crippen LogP contribution in [0.3, 0.4) is 0 Å². The van der Waals surface area contributed by atoms with Gasteiger partial charge in [0.15, 0.2) is 11.6 Å². The summed E-state index contributed by atoms with van der Waals surface area (Å²) >= 11 is 0. The van der Waals surface area contributed by atoms with Gasteiger partial charge in [0.25, 0.3) is 0 Å². The third kappa shape index (κ3) is 2.64. The molecule has 1 unspecified atom stereocenters. The maximum Gasteiger partial charge on any atom is 0.163 e. The number of hydrogen-bond donors (Lipinski definition) is 1. The first kappa shape index (κ1) is 12.5. The molecule has 4 heteroatoms. The largest absolute Gasteiger partial charge is 0.323 e. The van der Waals surface area contributed by atoms with Gasteiger partial charge in [-0.05, 0) is 26.0 Å². The number of likely N-dealkylation sites (N-methyl/N-ethyl adjacent to an activating group) is 1. The van der Waals surface area contributed by atoms with Crippen molar-refractivity contribution in [3.63, 3.8) is 0 Å². The van der Waals surface area contributed by atoms with Crippen molar-refractivity contribution in [2.24, 2.45) is 5.73 Å². The van der Waals surface area contributed by atoms with Gasteiger partial charge in [-0.25, -0.2) is 8.78 Å². The first-order valence-corrected chi connectivity index (χ1v) is 5.99. The Kier molecular flexibility index (Phi) is 3.74. The fourth-order valence-electron chi connectivity index (χ4n) is 2.19. The predicted octanol–water partition coefficient (Wildman–Crippen LogP) is 2.45. The lowest BCUT2D eigenvalue weighted by Crippen LogP contribution is -2.41. The Morgan fingerprint density at radius 3 is 2.71 bits per heavy atom. The highest BCUT2D eigenvalue weighted by atomic mass is 19.2. The second-order valence-corrected chi connectivity index (χ2v) is 4.77. The Balaban J connectivity index is 2.03. The Labute approximate surface area is 100 Å². The van der Waals surface area contributed by atoms with E-state index in [0.717, 1.165) is 6.07 Å². The molecule has 94 valence electrons.